The third-order valence-electron chi connectivity index (χ3n) is 4.08. The molecule has 0 aliphatic carbocycles. The van der Waals surface area contributed by atoms with Crippen LogP contribution in [-0.2, 0) is 25.7 Å². The summed E-state index contributed by atoms with van der Waals surface area (Å²) in [5.41, 5.74) is 1.04. The van der Waals surface area contributed by atoms with Crippen molar-refractivity contribution in [2.45, 2.75) is 40.7 Å². The molecule has 3 atom stereocenters. The second kappa shape index (κ2) is 9.36. The van der Waals surface area contributed by atoms with E-state index in [9.17, 15) is 14.4 Å². The summed E-state index contributed by atoms with van der Waals surface area (Å²) in [6.45, 7) is 7.33. The maximum atomic E-state index is 12.3. The van der Waals surface area contributed by atoms with E-state index in [1.807, 2.05) is 30.3 Å². The first-order valence-corrected chi connectivity index (χ1v) is 8.10. The van der Waals surface area contributed by atoms with E-state index in [0.29, 0.717) is 13.0 Å². The first-order valence-electron chi connectivity index (χ1n) is 8.10. The van der Waals surface area contributed by atoms with Gasteiger partial charge in [-0.25, -0.2) is 0 Å². The van der Waals surface area contributed by atoms with Gasteiger partial charge < -0.3 is 4.74 Å². The van der Waals surface area contributed by atoms with Crippen molar-refractivity contribution in [3.8, 4) is 0 Å². The number of ether oxygens (including phenoxy) is 1. The molecule has 1 aromatic carbocycles. The van der Waals surface area contributed by atoms with Gasteiger partial charge in [0.25, 0.3) is 0 Å². The molecule has 1 aromatic rings. The van der Waals surface area contributed by atoms with Crippen LogP contribution in [0.15, 0.2) is 30.3 Å². The molecule has 4 nitrogen and oxygen atoms in total. The monoisotopic (exact) mass is 318 g/mol. The molecule has 4 heteroatoms. The summed E-state index contributed by atoms with van der Waals surface area (Å²) in [6, 6.07) is 9.70. The Balaban J connectivity index is 2.48. The van der Waals surface area contributed by atoms with Gasteiger partial charge in [-0.3, -0.25) is 14.4 Å². The maximum absolute atomic E-state index is 12.3. The van der Waals surface area contributed by atoms with Crippen molar-refractivity contribution in [1.82, 2.24) is 0 Å². The van der Waals surface area contributed by atoms with Crippen molar-refractivity contribution in [1.29, 1.82) is 0 Å². The molecule has 0 saturated heterocycles. The van der Waals surface area contributed by atoms with Gasteiger partial charge in [-0.15, -0.1) is 0 Å². The Bertz CT molecular complexity index is 536. The summed E-state index contributed by atoms with van der Waals surface area (Å²) in [4.78, 5) is 36.2. The average molecular weight is 318 g/mol. The number of carbonyl (C=O) groups is 3. The molecule has 0 amide bonds. The zero-order valence-corrected chi connectivity index (χ0v) is 14.4. The first kappa shape index (κ1) is 19.2. The van der Waals surface area contributed by atoms with Crippen LogP contribution in [0.2, 0.25) is 0 Å². The normalized spacial score (nSPS) is 14.8. The van der Waals surface area contributed by atoms with Gasteiger partial charge in [0.05, 0.1) is 25.0 Å². The largest absolute Gasteiger partial charge is 0.376 e. The lowest BCUT2D eigenvalue weighted by atomic mass is 9.85. The Hall–Kier alpha value is -1.81. The van der Waals surface area contributed by atoms with E-state index in [-0.39, 0.29) is 29.9 Å². The van der Waals surface area contributed by atoms with Crippen molar-refractivity contribution < 1.29 is 19.1 Å². The van der Waals surface area contributed by atoms with Crippen LogP contribution in [0.4, 0.5) is 0 Å². The molecule has 0 spiro atoms. The third kappa shape index (κ3) is 5.71. The molecular weight excluding hydrogens is 292 g/mol. The van der Waals surface area contributed by atoms with Gasteiger partial charge >= 0.3 is 0 Å². The molecule has 0 fully saturated rings. The highest BCUT2D eigenvalue weighted by atomic mass is 16.5. The van der Waals surface area contributed by atoms with Crippen LogP contribution in [-0.4, -0.2) is 24.0 Å². The molecule has 0 saturated carbocycles. The highest BCUT2D eigenvalue weighted by Crippen LogP contribution is 2.16. The number of Topliss-reactive ketones (excluding diaryl/α,β-unsaturated/α-hetero) is 3. The van der Waals surface area contributed by atoms with Crippen LogP contribution >= 0.6 is 0 Å². The van der Waals surface area contributed by atoms with Crippen molar-refractivity contribution in [3.63, 3.8) is 0 Å². The zero-order chi connectivity index (χ0) is 17.4. The Labute approximate surface area is 138 Å². The van der Waals surface area contributed by atoms with E-state index in [4.69, 9.17) is 4.74 Å². The van der Waals surface area contributed by atoms with Gasteiger partial charge in [0.2, 0.25) is 0 Å². The van der Waals surface area contributed by atoms with E-state index in [1.165, 1.54) is 0 Å². The lowest BCUT2D eigenvalue weighted by Crippen LogP contribution is -2.34. The number of benzene rings is 1. The second-order valence-corrected chi connectivity index (χ2v) is 5.97. The zero-order valence-electron chi connectivity index (χ0n) is 14.4. The van der Waals surface area contributed by atoms with E-state index < -0.39 is 11.8 Å². The summed E-state index contributed by atoms with van der Waals surface area (Å²) in [6.07, 6.45) is 0.309. The molecule has 0 aliphatic heterocycles. The Morgan fingerprint density at radius 1 is 0.957 bits per heavy atom. The minimum atomic E-state index is -0.768. The standard InChI is InChI=1S/C19H26O4/c1-5-17(20)14(3)19(22)15(4)18(21)13(2)11-23-12-16-9-7-6-8-10-16/h6-10,13-15H,5,11-12H2,1-4H3. The lowest BCUT2D eigenvalue weighted by molar-refractivity contribution is -0.139. The van der Waals surface area contributed by atoms with Crippen molar-refractivity contribution in [2.24, 2.45) is 17.8 Å². The first-order chi connectivity index (χ1) is 10.9. The van der Waals surface area contributed by atoms with Gasteiger partial charge in [0, 0.05) is 12.3 Å². The minimum Gasteiger partial charge on any atom is -0.376 e. The molecular formula is C19H26O4. The number of ketones is 3. The SMILES string of the molecule is CCC(=O)C(C)C(=O)C(C)C(=O)C(C)COCc1ccccc1. The number of carbonyl (C=O) groups excluding carboxylic acids is 3. The van der Waals surface area contributed by atoms with E-state index in [1.54, 1.807) is 27.7 Å². The van der Waals surface area contributed by atoms with Crippen LogP contribution < -0.4 is 0 Å². The van der Waals surface area contributed by atoms with E-state index >= 15 is 0 Å². The van der Waals surface area contributed by atoms with Gasteiger partial charge in [-0.2, -0.15) is 0 Å². The van der Waals surface area contributed by atoms with Gasteiger partial charge in [-0.05, 0) is 19.4 Å². The van der Waals surface area contributed by atoms with Crippen LogP contribution in [0.5, 0.6) is 0 Å². The molecule has 0 aromatic heterocycles. The summed E-state index contributed by atoms with van der Waals surface area (Å²) in [5, 5.41) is 0. The predicted molar refractivity (Wildman–Crippen MR) is 88.9 cm³/mol. The van der Waals surface area contributed by atoms with Crippen LogP contribution in [0.25, 0.3) is 0 Å². The number of hydrogen-bond acceptors (Lipinski definition) is 4. The van der Waals surface area contributed by atoms with E-state index in [2.05, 4.69) is 0 Å². The van der Waals surface area contributed by atoms with Crippen LogP contribution in [0.3, 0.4) is 0 Å². The number of hydrogen-bond donors (Lipinski definition) is 0. The summed E-state index contributed by atoms with van der Waals surface area (Å²) < 4.78 is 5.56. The maximum Gasteiger partial charge on any atom is 0.153 e. The molecule has 0 bridgehead atoms. The topological polar surface area (TPSA) is 60.4 Å². The lowest BCUT2D eigenvalue weighted by Gasteiger charge is -2.18. The predicted octanol–water partition coefficient (Wildman–Crippen LogP) is 3.23. The fourth-order valence-electron chi connectivity index (χ4n) is 2.42. The molecule has 23 heavy (non-hydrogen) atoms. The highest BCUT2D eigenvalue weighted by molar-refractivity contribution is 6.11. The quantitative estimate of drug-likeness (QED) is 0.621. The summed E-state index contributed by atoms with van der Waals surface area (Å²) >= 11 is 0. The fourth-order valence-corrected chi connectivity index (χ4v) is 2.42. The minimum absolute atomic E-state index is 0.123. The van der Waals surface area contributed by atoms with Crippen LogP contribution in [0.1, 0.15) is 39.7 Å². The molecule has 0 heterocycles. The second-order valence-electron chi connectivity index (χ2n) is 5.97. The Morgan fingerprint density at radius 2 is 1.57 bits per heavy atom. The third-order valence-corrected chi connectivity index (χ3v) is 4.08. The summed E-state index contributed by atoms with van der Waals surface area (Å²) in [7, 11) is 0. The Kier molecular flexibility index (Phi) is 7.83. The van der Waals surface area contributed by atoms with Crippen LogP contribution in [0, 0.1) is 17.8 Å². The molecule has 0 aliphatic rings. The van der Waals surface area contributed by atoms with Crippen molar-refractivity contribution >= 4 is 17.3 Å². The van der Waals surface area contributed by atoms with Gasteiger partial charge in [0.15, 0.2) is 5.78 Å². The van der Waals surface area contributed by atoms with Gasteiger partial charge in [0.1, 0.15) is 11.6 Å². The molecule has 3 unspecified atom stereocenters. The van der Waals surface area contributed by atoms with Crippen molar-refractivity contribution in [2.75, 3.05) is 6.61 Å². The van der Waals surface area contributed by atoms with Crippen molar-refractivity contribution in [3.05, 3.63) is 35.9 Å². The molecule has 0 N–H and O–H groups in total. The molecule has 1 rings (SSSR count). The molecule has 0 radical (unpaired) electrons. The fraction of sp³-hybridized carbons (Fsp3) is 0.526. The highest BCUT2D eigenvalue weighted by Gasteiger charge is 2.31. The number of rotatable bonds is 10. The van der Waals surface area contributed by atoms with Gasteiger partial charge in [-0.1, -0.05) is 44.2 Å². The molecule has 126 valence electrons. The average Bonchev–Trinajstić information content (AvgIpc) is 2.59. The smallest absolute Gasteiger partial charge is 0.153 e. The summed E-state index contributed by atoms with van der Waals surface area (Å²) in [5.74, 6) is -2.44. The van der Waals surface area contributed by atoms with E-state index in [0.717, 1.165) is 5.56 Å². The Morgan fingerprint density at radius 3 is 2.13 bits per heavy atom.